The molecule has 8 rings (SSSR count). The normalized spacial score (nSPS) is 12.0. The summed E-state index contributed by atoms with van der Waals surface area (Å²) in [6, 6.07) is 39.6. The van der Waals surface area contributed by atoms with Crippen molar-refractivity contribution in [2.24, 2.45) is 0 Å². The zero-order valence-electron chi connectivity index (χ0n) is 24.5. The predicted octanol–water partition coefficient (Wildman–Crippen LogP) is 10.1. The molecule has 216 valence electrons. The molecule has 0 aliphatic carbocycles. The highest BCUT2D eigenvalue weighted by atomic mass is 32.2. The maximum atomic E-state index is 5.42. The van der Waals surface area contributed by atoms with Gasteiger partial charge in [0.25, 0.3) is 0 Å². The molecule has 2 aliphatic heterocycles. The minimum Gasteiger partial charge on any atom is -0.497 e. The van der Waals surface area contributed by atoms with E-state index in [1.807, 2.05) is 24.3 Å². The molecule has 0 unspecified atom stereocenters. The smallest absolute Gasteiger partial charge is 0.118 e. The molecule has 3 aromatic carbocycles. The molecule has 0 atom stereocenters. The van der Waals surface area contributed by atoms with Crippen LogP contribution in [0.25, 0.3) is 68.6 Å². The Hall–Kier alpha value is -5.59. The second-order valence-electron chi connectivity index (χ2n) is 10.8. The van der Waals surface area contributed by atoms with E-state index in [0.29, 0.717) is 0 Å². The van der Waals surface area contributed by atoms with Crippen molar-refractivity contribution in [3.63, 3.8) is 0 Å². The van der Waals surface area contributed by atoms with Crippen LogP contribution < -0.4 is 4.74 Å². The van der Waals surface area contributed by atoms with Gasteiger partial charge in [-0.15, -0.1) is 0 Å². The van der Waals surface area contributed by atoms with Crippen LogP contribution in [-0.2, 0) is 0 Å². The summed E-state index contributed by atoms with van der Waals surface area (Å²) in [6.45, 7) is 0. The Labute approximate surface area is 265 Å². The fraction of sp³-hybridized carbons (Fsp3) is 0.0256. The van der Waals surface area contributed by atoms with Crippen LogP contribution in [0.15, 0.2) is 125 Å². The lowest BCUT2D eigenvalue weighted by molar-refractivity contribution is 0.414. The monoisotopic (exact) mass is 600 g/mol. The molecule has 45 heavy (non-hydrogen) atoms. The maximum Gasteiger partial charge on any atom is 0.118 e. The maximum absolute atomic E-state index is 5.42. The molecule has 6 heteroatoms. The highest BCUT2D eigenvalue weighted by Crippen LogP contribution is 2.38. The lowest BCUT2D eigenvalue weighted by Crippen LogP contribution is -1.87. The van der Waals surface area contributed by atoms with E-state index in [9.17, 15) is 0 Å². The van der Waals surface area contributed by atoms with Gasteiger partial charge in [-0.1, -0.05) is 72.4 Å². The van der Waals surface area contributed by atoms with Crippen molar-refractivity contribution in [3.05, 3.63) is 138 Å². The first kappa shape index (κ1) is 27.0. The summed E-state index contributed by atoms with van der Waals surface area (Å²) < 4.78 is 5.42. The summed E-state index contributed by atoms with van der Waals surface area (Å²) in [4.78, 5) is 19.9. The Morgan fingerprint density at radius 3 is 1.87 bits per heavy atom. The summed E-state index contributed by atoms with van der Waals surface area (Å²) in [5, 5.41) is 0. The highest BCUT2D eigenvalue weighted by Gasteiger charge is 2.16. The average molecular weight is 601 g/mol. The number of nitrogens with zero attached hydrogens (tertiary/aromatic N) is 2. The zero-order chi connectivity index (χ0) is 30.2. The Bertz CT molecular complexity index is 2230. The fourth-order valence-corrected chi connectivity index (χ4v) is 6.75. The van der Waals surface area contributed by atoms with Crippen molar-refractivity contribution < 1.29 is 4.74 Å². The number of aromatic nitrogens is 4. The number of H-pyrrole nitrogens is 2. The number of hydrogen-bond acceptors (Lipinski definition) is 4. The summed E-state index contributed by atoms with van der Waals surface area (Å²) in [5.41, 5.74) is 11.8. The van der Waals surface area contributed by atoms with Crippen LogP contribution >= 0.6 is 11.8 Å². The van der Waals surface area contributed by atoms with Gasteiger partial charge >= 0.3 is 0 Å². The molecule has 8 bridgehead atoms. The zero-order valence-corrected chi connectivity index (χ0v) is 25.3. The van der Waals surface area contributed by atoms with Crippen LogP contribution in [0.2, 0.25) is 0 Å². The first-order valence-electron chi connectivity index (χ1n) is 14.8. The molecule has 5 nitrogen and oxygen atoms in total. The van der Waals surface area contributed by atoms with Gasteiger partial charge in [0, 0.05) is 32.6 Å². The summed E-state index contributed by atoms with van der Waals surface area (Å²) in [5.74, 6) is 0.826. The lowest BCUT2D eigenvalue weighted by Gasteiger charge is -2.06. The number of benzene rings is 3. The third-order valence-electron chi connectivity index (χ3n) is 7.93. The summed E-state index contributed by atoms with van der Waals surface area (Å²) >= 11 is 1.68. The molecule has 3 aromatic heterocycles. The van der Waals surface area contributed by atoms with Gasteiger partial charge < -0.3 is 14.7 Å². The first-order chi connectivity index (χ1) is 22.2. The molecular formula is C39H28N4OS. The van der Waals surface area contributed by atoms with Gasteiger partial charge in [0.05, 0.1) is 40.3 Å². The van der Waals surface area contributed by atoms with Crippen LogP contribution in [0.5, 0.6) is 5.75 Å². The fourth-order valence-electron chi connectivity index (χ4n) is 5.80. The molecule has 0 saturated heterocycles. The van der Waals surface area contributed by atoms with Crippen molar-refractivity contribution in [2.75, 3.05) is 7.11 Å². The van der Waals surface area contributed by atoms with Gasteiger partial charge in [0.1, 0.15) is 5.75 Å². The van der Waals surface area contributed by atoms with Crippen LogP contribution in [0.3, 0.4) is 0 Å². The van der Waals surface area contributed by atoms with E-state index >= 15 is 0 Å². The quantitative estimate of drug-likeness (QED) is 0.206. The minimum absolute atomic E-state index is 0.826. The highest BCUT2D eigenvalue weighted by molar-refractivity contribution is 7.99. The number of hydrogen-bond donors (Lipinski definition) is 2. The largest absolute Gasteiger partial charge is 0.497 e. The van der Waals surface area contributed by atoms with Gasteiger partial charge in [0.2, 0.25) is 0 Å². The molecule has 5 heterocycles. The van der Waals surface area contributed by atoms with Crippen LogP contribution in [0, 0.1) is 0 Å². The van der Waals surface area contributed by atoms with E-state index in [-0.39, 0.29) is 0 Å². The first-order valence-corrected chi connectivity index (χ1v) is 15.6. The van der Waals surface area contributed by atoms with E-state index in [1.165, 1.54) is 0 Å². The van der Waals surface area contributed by atoms with Gasteiger partial charge in [-0.2, -0.15) is 0 Å². The second kappa shape index (κ2) is 11.5. The number of rotatable bonds is 5. The van der Waals surface area contributed by atoms with Crippen molar-refractivity contribution in [3.8, 4) is 28.0 Å². The average Bonchev–Trinajstić information content (AvgIpc) is 3.91. The van der Waals surface area contributed by atoms with Crippen molar-refractivity contribution in [1.29, 1.82) is 0 Å². The number of nitrogens with one attached hydrogen (secondary N) is 2. The van der Waals surface area contributed by atoms with E-state index in [2.05, 4.69) is 125 Å². The molecule has 0 radical (unpaired) electrons. The molecule has 0 amide bonds. The summed E-state index contributed by atoms with van der Waals surface area (Å²) in [7, 11) is 1.69. The van der Waals surface area contributed by atoms with Gasteiger partial charge in [-0.05, 0) is 90.0 Å². The van der Waals surface area contributed by atoms with Gasteiger partial charge in [-0.3, -0.25) is 0 Å². The molecule has 0 fully saturated rings. The molecule has 2 N–H and O–H groups in total. The van der Waals surface area contributed by atoms with E-state index in [0.717, 1.165) is 82.6 Å². The third kappa shape index (κ3) is 5.26. The number of aromatic amines is 2. The molecule has 0 spiro atoms. The Balaban J connectivity index is 1.47. The summed E-state index contributed by atoms with van der Waals surface area (Å²) in [6.07, 6.45) is 8.40. The number of methoxy groups -OCH3 is 1. The number of ether oxygens (including phenoxy) is 1. The van der Waals surface area contributed by atoms with Crippen molar-refractivity contribution in [2.45, 2.75) is 9.79 Å². The van der Waals surface area contributed by atoms with E-state index in [1.54, 1.807) is 18.9 Å². The van der Waals surface area contributed by atoms with Crippen LogP contribution in [-0.4, -0.2) is 27.0 Å². The predicted molar refractivity (Wildman–Crippen MR) is 187 cm³/mol. The van der Waals surface area contributed by atoms with Crippen molar-refractivity contribution >= 4 is 58.1 Å². The van der Waals surface area contributed by atoms with Crippen molar-refractivity contribution in [1.82, 2.24) is 19.9 Å². The van der Waals surface area contributed by atoms with Crippen LogP contribution in [0.1, 0.15) is 22.8 Å². The van der Waals surface area contributed by atoms with E-state index < -0.39 is 0 Å². The lowest BCUT2D eigenvalue weighted by atomic mass is 10.0. The van der Waals surface area contributed by atoms with Gasteiger partial charge in [0.15, 0.2) is 0 Å². The van der Waals surface area contributed by atoms with E-state index in [4.69, 9.17) is 14.7 Å². The molecule has 2 aliphatic rings. The Morgan fingerprint density at radius 2 is 1.16 bits per heavy atom. The molecular weight excluding hydrogens is 573 g/mol. The van der Waals surface area contributed by atoms with Crippen LogP contribution in [0.4, 0.5) is 0 Å². The SMILES string of the molecule is COc1ccc(Sc2c3nc(c(-c4ccccc4)c4ccc(cc5nc(c(-c6ccccc6)c6ccc2[nH]6)C=C5)[nH]4)C=C3)cc1. The Morgan fingerprint density at radius 1 is 0.556 bits per heavy atom. The topological polar surface area (TPSA) is 66.6 Å². The molecule has 6 aromatic rings. The van der Waals surface area contributed by atoms with Gasteiger partial charge in [-0.25, -0.2) is 9.97 Å². The second-order valence-corrected chi connectivity index (χ2v) is 11.9. The standard InChI is InChI=1S/C39H28N4OS/c1-44-29-14-16-30(17-15-29)45-39-35-22-20-33(42-35)37(25-8-4-2-5-9-25)31-18-12-27(40-31)24-28-13-19-32(41-28)38(26-10-6-3-7-11-26)34-21-23-36(39)43-34/h2-24,40,43H,1H3. The Kier molecular flexibility index (Phi) is 6.89. The molecule has 0 saturated carbocycles. The minimum atomic E-state index is 0.826. The third-order valence-corrected chi connectivity index (χ3v) is 9.07. The number of fused-ring (bicyclic) bond motifs is 8.